The van der Waals surface area contributed by atoms with E-state index in [1.807, 2.05) is 0 Å². The van der Waals surface area contributed by atoms with Gasteiger partial charge >= 0.3 is 5.97 Å². The molecule has 0 heterocycles. The number of ether oxygens (including phenoxy) is 4. The van der Waals surface area contributed by atoms with Gasteiger partial charge in [-0.3, -0.25) is 4.79 Å². The second kappa shape index (κ2) is 10.8. The summed E-state index contributed by atoms with van der Waals surface area (Å²) in [6.45, 7) is 1.40. The molecule has 6 nitrogen and oxygen atoms in total. The molecule has 0 aromatic heterocycles. The fourth-order valence-electron chi connectivity index (χ4n) is 2.22. The molecule has 0 aliphatic heterocycles. The molecule has 0 atom stereocenters. The Labute approximate surface area is 152 Å². The number of methoxy groups -OCH3 is 1. The van der Waals surface area contributed by atoms with E-state index in [9.17, 15) is 9.59 Å². The first-order chi connectivity index (χ1) is 12.7. The molecular weight excluding hydrogens is 336 g/mol. The first kappa shape index (κ1) is 19.3. The quantitative estimate of drug-likeness (QED) is 0.264. The van der Waals surface area contributed by atoms with E-state index in [2.05, 4.69) is 4.74 Å². The predicted molar refractivity (Wildman–Crippen MR) is 95.8 cm³/mol. The topological polar surface area (TPSA) is 71.1 Å². The monoisotopic (exact) mass is 358 g/mol. The van der Waals surface area contributed by atoms with Gasteiger partial charge in [-0.1, -0.05) is 6.07 Å². The number of unbranched alkanes of at least 4 members (excludes halogenated alkanes) is 2. The van der Waals surface area contributed by atoms with Crippen molar-refractivity contribution in [1.82, 2.24) is 0 Å². The number of hydrogen-bond donors (Lipinski definition) is 0. The van der Waals surface area contributed by atoms with Crippen LogP contribution in [0.1, 0.15) is 29.6 Å². The van der Waals surface area contributed by atoms with Gasteiger partial charge in [-0.25, -0.2) is 4.79 Å². The van der Waals surface area contributed by atoms with Crippen molar-refractivity contribution >= 4 is 12.4 Å². The Bertz CT molecular complexity index is 696. The Kier molecular flexibility index (Phi) is 7.99. The molecule has 0 spiro atoms. The van der Waals surface area contributed by atoms with E-state index >= 15 is 0 Å². The molecule has 0 radical (unpaired) electrons. The van der Waals surface area contributed by atoms with Crippen molar-refractivity contribution < 1.29 is 28.5 Å². The second-order valence-corrected chi connectivity index (χ2v) is 5.47. The average Bonchev–Trinajstić information content (AvgIpc) is 2.68. The number of benzene rings is 2. The zero-order valence-corrected chi connectivity index (χ0v) is 14.7. The molecular formula is C20H22O6. The van der Waals surface area contributed by atoms with E-state index in [0.29, 0.717) is 42.5 Å². The lowest BCUT2D eigenvalue weighted by atomic mass is 10.2. The van der Waals surface area contributed by atoms with Crippen molar-refractivity contribution in [1.29, 1.82) is 0 Å². The minimum absolute atomic E-state index is 0.415. The van der Waals surface area contributed by atoms with Crippen molar-refractivity contribution in [3.63, 3.8) is 0 Å². The van der Waals surface area contributed by atoms with E-state index in [0.717, 1.165) is 19.3 Å². The number of rotatable bonds is 11. The summed E-state index contributed by atoms with van der Waals surface area (Å²) in [4.78, 5) is 22.3. The van der Waals surface area contributed by atoms with Gasteiger partial charge in [0.2, 0.25) is 0 Å². The molecule has 0 saturated heterocycles. The Morgan fingerprint density at radius 2 is 1.65 bits per heavy atom. The van der Waals surface area contributed by atoms with Crippen LogP contribution in [0.4, 0.5) is 0 Å². The maximum absolute atomic E-state index is 12.2. The molecule has 0 aliphatic rings. The Balaban J connectivity index is 1.81. The molecule has 0 amide bonds. The van der Waals surface area contributed by atoms with Crippen LogP contribution in [0.15, 0.2) is 48.5 Å². The highest BCUT2D eigenvalue weighted by molar-refractivity contribution is 5.91. The van der Waals surface area contributed by atoms with Crippen LogP contribution in [0.2, 0.25) is 0 Å². The van der Waals surface area contributed by atoms with Gasteiger partial charge in [0.05, 0.1) is 25.9 Å². The lowest BCUT2D eigenvalue weighted by Crippen LogP contribution is -2.09. The van der Waals surface area contributed by atoms with Gasteiger partial charge in [0.15, 0.2) is 0 Å². The molecule has 0 aliphatic carbocycles. The van der Waals surface area contributed by atoms with E-state index in [1.54, 1.807) is 55.6 Å². The lowest BCUT2D eigenvalue weighted by Gasteiger charge is -2.09. The summed E-state index contributed by atoms with van der Waals surface area (Å²) in [5.74, 6) is 1.29. The van der Waals surface area contributed by atoms with Gasteiger partial charge in [-0.15, -0.1) is 0 Å². The minimum atomic E-state index is -0.452. The number of esters is 1. The van der Waals surface area contributed by atoms with E-state index in [4.69, 9.17) is 14.2 Å². The van der Waals surface area contributed by atoms with Gasteiger partial charge < -0.3 is 18.9 Å². The van der Waals surface area contributed by atoms with Crippen LogP contribution < -0.4 is 14.2 Å². The largest absolute Gasteiger partial charge is 0.497 e. The van der Waals surface area contributed by atoms with Gasteiger partial charge in [0.25, 0.3) is 6.47 Å². The number of carbonyl (C=O) groups excluding carboxylic acids is 2. The molecule has 138 valence electrons. The van der Waals surface area contributed by atoms with Gasteiger partial charge in [-0.05, 0) is 61.7 Å². The van der Waals surface area contributed by atoms with Gasteiger partial charge in [0, 0.05) is 0 Å². The van der Waals surface area contributed by atoms with Crippen LogP contribution in [0.3, 0.4) is 0 Å². The van der Waals surface area contributed by atoms with Crippen molar-refractivity contribution in [2.24, 2.45) is 0 Å². The van der Waals surface area contributed by atoms with Crippen LogP contribution in [-0.2, 0) is 9.53 Å². The third-order valence-electron chi connectivity index (χ3n) is 3.58. The molecule has 0 saturated carbocycles. The first-order valence-electron chi connectivity index (χ1n) is 8.37. The fraction of sp³-hybridized carbons (Fsp3) is 0.300. The molecule has 26 heavy (non-hydrogen) atoms. The highest BCUT2D eigenvalue weighted by Gasteiger charge is 2.10. The molecule has 0 unspecified atom stereocenters. The number of carbonyl (C=O) groups is 2. The Morgan fingerprint density at radius 1 is 0.923 bits per heavy atom. The fourth-order valence-corrected chi connectivity index (χ4v) is 2.22. The first-order valence-corrected chi connectivity index (χ1v) is 8.37. The van der Waals surface area contributed by atoms with E-state index in [1.165, 1.54) is 0 Å². The summed E-state index contributed by atoms with van der Waals surface area (Å²) in [6, 6.07) is 13.7. The molecule has 2 aromatic rings. The lowest BCUT2D eigenvalue weighted by molar-refractivity contribution is -0.128. The van der Waals surface area contributed by atoms with Crippen molar-refractivity contribution in [3.05, 3.63) is 54.1 Å². The van der Waals surface area contributed by atoms with Crippen molar-refractivity contribution in [3.8, 4) is 17.2 Å². The normalized spacial score (nSPS) is 10.0. The summed E-state index contributed by atoms with van der Waals surface area (Å²) in [6.07, 6.45) is 2.53. The summed E-state index contributed by atoms with van der Waals surface area (Å²) in [7, 11) is 1.57. The maximum Gasteiger partial charge on any atom is 0.343 e. The van der Waals surface area contributed by atoms with Crippen LogP contribution >= 0.6 is 0 Å². The molecule has 0 fully saturated rings. The zero-order valence-electron chi connectivity index (χ0n) is 14.7. The third kappa shape index (κ3) is 6.47. The summed E-state index contributed by atoms with van der Waals surface area (Å²) in [5, 5.41) is 0. The SMILES string of the molecule is COc1ccc(OC(=O)c2cccc(OCCCCCOC=O)c2)cc1. The van der Waals surface area contributed by atoms with E-state index < -0.39 is 5.97 Å². The summed E-state index contributed by atoms with van der Waals surface area (Å²) in [5.41, 5.74) is 0.415. The molecule has 2 aromatic carbocycles. The van der Waals surface area contributed by atoms with Crippen molar-refractivity contribution in [2.75, 3.05) is 20.3 Å². The van der Waals surface area contributed by atoms with E-state index in [-0.39, 0.29) is 0 Å². The maximum atomic E-state index is 12.2. The summed E-state index contributed by atoms with van der Waals surface area (Å²) >= 11 is 0. The standard InChI is InChI=1S/C20H22O6/c1-23-17-8-10-18(11-9-17)26-20(22)16-6-5-7-19(14-16)25-13-4-2-3-12-24-15-21/h5-11,14-15H,2-4,12-13H2,1H3. The predicted octanol–water partition coefficient (Wildman–Crippen LogP) is 3.64. The molecule has 6 heteroatoms. The van der Waals surface area contributed by atoms with Crippen LogP contribution in [0, 0.1) is 0 Å². The second-order valence-electron chi connectivity index (χ2n) is 5.47. The van der Waals surface area contributed by atoms with Crippen molar-refractivity contribution in [2.45, 2.75) is 19.3 Å². The van der Waals surface area contributed by atoms with Crippen LogP contribution in [0.25, 0.3) is 0 Å². The zero-order chi connectivity index (χ0) is 18.6. The molecule has 0 bridgehead atoms. The van der Waals surface area contributed by atoms with Crippen LogP contribution in [-0.4, -0.2) is 32.8 Å². The van der Waals surface area contributed by atoms with Gasteiger partial charge in [-0.2, -0.15) is 0 Å². The highest BCUT2D eigenvalue weighted by atomic mass is 16.5. The molecule has 2 rings (SSSR count). The third-order valence-corrected chi connectivity index (χ3v) is 3.58. The number of hydrogen-bond acceptors (Lipinski definition) is 6. The Morgan fingerprint density at radius 3 is 2.38 bits per heavy atom. The Hall–Kier alpha value is -3.02. The molecule has 0 N–H and O–H groups in total. The van der Waals surface area contributed by atoms with Crippen LogP contribution in [0.5, 0.6) is 17.2 Å². The smallest absolute Gasteiger partial charge is 0.343 e. The minimum Gasteiger partial charge on any atom is -0.497 e. The summed E-state index contributed by atoms with van der Waals surface area (Å²) < 4.78 is 20.7. The van der Waals surface area contributed by atoms with Gasteiger partial charge in [0.1, 0.15) is 17.2 Å². The average molecular weight is 358 g/mol. The highest BCUT2D eigenvalue weighted by Crippen LogP contribution is 2.20.